The first-order chi connectivity index (χ1) is 12.6. The second-order valence-corrected chi connectivity index (χ2v) is 11.1. The molecule has 6 nitrogen and oxygen atoms in total. The van der Waals surface area contributed by atoms with E-state index in [1.54, 1.807) is 12.4 Å². The van der Waals surface area contributed by atoms with E-state index in [-0.39, 0.29) is 18.5 Å². The number of rotatable bonds is 6. The molecule has 0 radical (unpaired) electrons. The Hall–Kier alpha value is -2.15. The van der Waals surface area contributed by atoms with Crippen molar-refractivity contribution in [2.45, 2.75) is 25.6 Å². The van der Waals surface area contributed by atoms with Crippen molar-refractivity contribution in [2.75, 3.05) is 23.0 Å². The third-order valence-electron chi connectivity index (χ3n) is 5.48. The van der Waals surface area contributed by atoms with Crippen molar-refractivity contribution < 1.29 is 19.1 Å². The van der Waals surface area contributed by atoms with Gasteiger partial charge in [0, 0.05) is 23.9 Å². The topological polar surface area (TPSA) is 84.2 Å². The molecule has 0 aromatic carbocycles. The summed E-state index contributed by atoms with van der Waals surface area (Å²) in [6.45, 7) is 0.187. The van der Waals surface area contributed by atoms with Crippen molar-refractivity contribution in [1.82, 2.24) is 9.97 Å². The molecule has 3 fully saturated rings. The second-order valence-electron chi connectivity index (χ2n) is 7.18. The van der Waals surface area contributed by atoms with Gasteiger partial charge in [-0.05, 0) is 54.5 Å². The fraction of sp³-hybridized carbons (Fsp3) is 0.474. The van der Waals surface area contributed by atoms with Gasteiger partial charge in [0.1, 0.15) is 12.7 Å². The zero-order chi connectivity index (χ0) is 18.0. The molecule has 26 heavy (non-hydrogen) atoms. The fourth-order valence-electron chi connectivity index (χ4n) is 4.02. The molecule has 140 valence electrons. The number of nitrogens with one attached hydrogen (secondary N) is 2. The predicted octanol–water partition coefficient (Wildman–Crippen LogP) is 3.48. The number of ketones is 1. The summed E-state index contributed by atoms with van der Waals surface area (Å²) >= 11 is 0. The Morgan fingerprint density at radius 3 is 2.58 bits per heavy atom. The van der Waals surface area contributed by atoms with E-state index in [1.165, 1.54) is 0 Å². The number of H-pyrrole nitrogens is 2. The molecule has 0 spiro atoms. The van der Waals surface area contributed by atoms with E-state index in [4.69, 9.17) is 9.47 Å². The van der Waals surface area contributed by atoms with Gasteiger partial charge in [0.05, 0.1) is 11.4 Å². The van der Waals surface area contributed by atoms with Crippen LogP contribution in [-0.4, -0.2) is 51.0 Å². The quantitative estimate of drug-likeness (QED) is 0.597. The Morgan fingerprint density at radius 2 is 1.88 bits per heavy atom. The van der Waals surface area contributed by atoms with Crippen molar-refractivity contribution >= 4 is 22.0 Å². The molecule has 2 bridgehead atoms. The maximum Gasteiger partial charge on any atom is 0.508 e. The Balaban J connectivity index is 1.34. The molecule has 3 aliphatic heterocycles. The normalized spacial score (nSPS) is 29.7. The van der Waals surface area contributed by atoms with Gasteiger partial charge >= 0.3 is 6.16 Å². The monoisotopic (exact) mass is 376 g/mol. The zero-order valence-corrected chi connectivity index (χ0v) is 15.4. The van der Waals surface area contributed by atoms with Crippen LogP contribution in [-0.2, 0) is 16.1 Å². The SMILES string of the molecule is O=C(OCc1ccc[nH]1)O[C@H]1CS2(CC(=O)c3ccc[nH]3)CCC1CC2. The van der Waals surface area contributed by atoms with E-state index >= 15 is 0 Å². The molecule has 0 saturated carbocycles. The molecule has 2 N–H and O–H groups in total. The molecule has 5 heterocycles. The molecule has 7 heteroatoms. The van der Waals surface area contributed by atoms with Crippen LogP contribution in [0.5, 0.6) is 0 Å². The molecular formula is C19H24N2O4S. The summed E-state index contributed by atoms with van der Waals surface area (Å²) in [4.78, 5) is 30.7. The van der Waals surface area contributed by atoms with E-state index in [0.29, 0.717) is 17.4 Å². The number of ether oxygens (including phenoxy) is 2. The van der Waals surface area contributed by atoms with Gasteiger partial charge in [-0.2, -0.15) is 0 Å². The van der Waals surface area contributed by atoms with Crippen LogP contribution in [0.2, 0.25) is 0 Å². The smallest absolute Gasteiger partial charge is 0.430 e. The third-order valence-corrected chi connectivity index (χ3v) is 9.59. The summed E-state index contributed by atoms with van der Waals surface area (Å²) in [6, 6.07) is 7.41. The summed E-state index contributed by atoms with van der Waals surface area (Å²) in [5.74, 6) is 4.24. The lowest BCUT2D eigenvalue weighted by molar-refractivity contribution is 0.00193. The second kappa shape index (κ2) is 7.23. The van der Waals surface area contributed by atoms with Crippen LogP contribution in [0.25, 0.3) is 0 Å². The number of hydrogen-bond acceptors (Lipinski definition) is 4. The molecular weight excluding hydrogens is 352 g/mol. The van der Waals surface area contributed by atoms with E-state index < -0.39 is 16.2 Å². The van der Waals surface area contributed by atoms with Gasteiger partial charge in [-0.1, -0.05) is 0 Å². The minimum Gasteiger partial charge on any atom is -0.430 e. The van der Waals surface area contributed by atoms with Crippen LogP contribution in [0.1, 0.15) is 29.0 Å². The van der Waals surface area contributed by atoms with Crippen molar-refractivity contribution in [3.05, 3.63) is 48.0 Å². The van der Waals surface area contributed by atoms with Gasteiger partial charge in [0.25, 0.3) is 0 Å². The molecule has 2 aromatic heterocycles. The summed E-state index contributed by atoms with van der Waals surface area (Å²) in [5, 5.41) is 0. The summed E-state index contributed by atoms with van der Waals surface area (Å²) in [6.07, 6.45) is 4.94. The summed E-state index contributed by atoms with van der Waals surface area (Å²) < 4.78 is 10.9. The highest BCUT2D eigenvalue weighted by atomic mass is 32.3. The summed E-state index contributed by atoms with van der Waals surface area (Å²) in [7, 11) is -1.06. The average Bonchev–Trinajstić information content (AvgIpc) is 3.34. The maximum absolute atomic E-state index is 12.6. The predicted molar refractivity (Wildman–Crippen MR) is 101 cm³/mol. The number of carbonyl (C=O) groups is 2. The maximum atomic E-state index is 12.6. The standard InChI is InChI=1S/C19H24N2O4S/c22-17(16-4-2-8-21-16)12-26-9-5-14(6-10-26)18(13-26)25-19(23)24-11-15-3-1-7-20-15/h1-4,7-8,14,18,20-21H,5-6,9-13H2/t18-/m0/s1. The van der Waals surface area contributed by atoms with Gasteiger partial charge in [-0.3, -0.25) is 4.79 Å². The lowest BCUT2D eigenvalue weighted by atomic mass is 9.96. The highest BCUT2D eigenvalue weighted by Gasteiger charge is 2.45. The lowest BCUT2D eigenvalue weighted by Gasteiger charge is -2.53. The molecule has 2 aromatic rings. The van der Waals surface area contributed by atoms with E-state index in [0.717, 1.165) is 35.8 Å². The molecule has 0 aliphatic carbocycles. The van der Waals surface area contributed by atoms with Crippen molar-refractivity contribution in [3.8, 4) is 0 Å². The highest BCUT2D eigenvalue weighted by molar-refractivity contribution is 8.34. The van der Waals surface area contributed by atoms with Gasteiger partial charge in [-0.15, -0.1) is 0 Å². The first-order valence-corrected chi connectivity index (χ1v) is 11.3. The van der Waals surface area contributed by atoms with E-state index in [9.17, 15) is 9.59 Å². The largest absolute Gasteiger partial charge is 0.508 e. The number of hydrogen-bond donors (Lipinski definition) is 2. The van der Waals surface area contributed by atoms with Crippen LogP contribution >= 0.6 is 10.0 Å². The van der Waals surface area contributed by atoms with E-state index in [1.807, 2.05) is 24.3 Å². The lowest BCUT2D eigenvalue weighted by Crippen LogP contribution is -2.46. The average molecular weight is 376 g/mol. The van der Waals surface area contributed by atoms with Gasteiger partial charge in [0.15, 0.2) is 5.78 Å². The number of carbonyl (C=O) groups excluding carboxylic acids is 2. The summed E-state index contributed by atoms with van der Waals surface area (Å²) in [5.41, 5.74) is 1.52. The van der Waals surface area contributed by atoms with Gasteiger partial charge in [-0.25, -0.2) is 14.8 Å². The van der Waals surface area contributed by atoms with Crippen LogP contribution < -0.4 is 0 Å². The molecule has 1 atom stereocenters. The van der Waals surface area contributed by atoms with Crippen molar-refractivity contribution in [1.29, 1.82) is 0 Å². The minimum atomic E-state index is -1.06. The first-order valence-electron chi connectivity index (χ1n) is 9.00. The number of aromatic nitrogens is 2. The number of fused-ring (bicyclic) bond motifs is 3. The molecule has 0 amide bonds. The fourth-order valence-corrected chi connectivity index (χ4v) is 8.32. The zero-order valence-electron chi connectivity index (χ0n) is 14.6. The molecule has 3 aliphatic rings. The van der Waals surface area contributed by atoms with Crippen molar-refractivity contribution in [2.24, 2.45) is 5.92 Å². The van der Waals surface area contributed by atoms with Crippen LogP contribution in [0.4, 0.5) is 4.79 Å². The van der Waals surface area contributed by atoms with Crippen LogP contribution in [0.15, 0.2) is 36.7 Å². The van der Waals surface area contributed by atoms with Crippen LogP contribution in [0.3, 0.4) is 0 Å². The number of aromatic amines is 2. The Morgan fingerprint density at radius 1 is 1.12 bits per heavy atom. The van der Waals surface area contributed by atoms with E-state index in [2.05, 4.69) is 9.97 Å². The number of Topliss-reactive ketones (excluding diaryl/α,β-unsaturated/α-hetero) is 1. The minimum absolute atomic E-state index is 0.111. The Bertz CT molecular complexity index is 749. The van der Waals surface area contributed by atoms with Crippen molar-refractivity contribution in [3.63, 3.8) is 0 Å². The van der Waals surface area contributed by atoms with Gasteiger partial charge < -0.3 is 19.4 Å². The molecule has 0 unspecified atom stereocenters. The Kier molecular flexibility index (Phi) is 4.80. The Labute approximate surface area is 154 Å². The molecule has 3 saturated heterocycles. The molecule has 5 rings (SSSR count). The first kappa shape index (κ1) is 17.3. The third kappa shape index (κ3) is 3.67. The van der Waals surface area contributed by atoms with Crippen LogP contribution in [0, 0.1) is 5.92 Å². The highest BCUT2D eigenvalue weighted by Crippen LogP contribution is 2.60. The van der Waals surface area contributed by atoms with Gasteiger partial charge in [0.2, 0.25) is 0 Å².